The Morgan fingerprint density at radius 3 is 2.12 bits per heavy atom. The van der Waals surface area contributed by atoms with Gasteiger partial charge in [-0.15, -0.1) is 0 Å². The van der Waals surface area contributed by atoms with E-state index in [4.69, 9.17) is 4.74 Å². The highest BCUT2D eigenvalue weighted by Crippen LogP contribution is 2.19. The molecule has 5 heteroatoms. The Morgan fingerprint density at radius 1 is 0.969 bits per heavy atom. The Bertz CT molecular complexity index is 857. The van der Waals surface area contributed by atoms with Gasteiger partial charge in [0.05, 0.1) is 0 Å². The maximum atomic E-state index is 13.2. The molecule has 0 aromatic heterocycles. The Labute approximate surface area is 193 Å². The lowest BCUT2D eigenvalue weighted by Crippen LogP contribution is -2.50. The average molecular weight is 439 g/mol. The van der Waals surface area contributed by atoms with Crippen molar-refractivity contribution in [3.63, 3.8) is 0 Å². The number of aryl methyl sites for hydroxylation is 1. The van der Waals surface area contributed by atoms with Crippen LogP contribution < -0.4 is 10.1 Å². The summed E-state index contributed by atoms with van der Waals surface area (Å²) in [5.74, 6) is 1.10. The van der Waals surface area contributed by atoms with Crippen LogP contribution in [0.25, 0.3) is 0 Å². The molecular weight excluding hydrogens is 400 g/mol. The third-order valence-corrected chi connectivity index (χ3v) is 5.45. The van der Waals surface area contributed by atoms with Crippen LogP contribution in [0.3, 0.4) is 0 Å². The number of ether oxygens (including phenoxy) is 1. The lowest BCUT2D eigenvalue weighted by molar-refractivity contribution is -0.143. The number of nitrogens with zero attached hydrogens (tertiary/aromatic N) is 1. The van der Waals surface area contributed by atoms with Crippen molar-refractivity contribution in [1.82, 2.24) is 10.2 Å². The van der Waals surface area contributed by atoms with E-state index in [1.807, 2.05) is 62.4 Å². The number of hydrogen-bond acceptors (Lipinski definition) is 3. The summed E-state index contributed by atoms with van der Waals surface area (Å²) in [5, 5.41) is 2.98. The van der Waals surface area contributed by atoms with Crippen molar-refractivity contribution in [3.05, 3.63) is 65.2 Å². The number of carbonyl (C=O) groups excluding carboxylic acids is 2. The van der Waals surface area contributed by atoms with Crippen LogP contribution in [0.15, 0.2) is 48.5 Å². The lowest BCUT2D eigenvalue weighted by atomic mass is 10.0. The minimum atomic E-state index is -0.547. The van der Waals surface area contributed by atoms with E-state index in [1.165, 1.54) is 5.56 Å². The van der Waals surface area contributed by atoms with Gasteiger partial charge in [-0.05, 0) is 48.4 Å². The molecule has 0 aliphatic carbocycles. The SMILES string of the molecule is CC[C@H](C(=O)NCC(C)C)N(Cc1ccc(C)cc1)C(=O)COc1ccc(C(C)C)cc1. The second kappa shape index (κ2) is 12.3. The molecule has 0 aliphatic heterocycles. The molecule has 0 fully saturated rings. The van der Waals surface area contributed by atoms with E-state index >= 15 is 0 Å². The molecule has 2 aromatic rings. The molecule has 0 bridgehead atoms. The van der Waals surface area contributed by atoms with Gasteiger partial charge in [-0.3, -0.25) is 9.59 Å². The fraction of sp³-hybridized carbons (Fsp3) is 0.481. The van der Waals surface area contributed by atoms with Gasteiger partial charge in [0.25, 0.3) is 5.91 Å². The predicted octanol–water partition coefficient (Wildman–Crippen LogP) is 5.08. The second-order valence-corrected chi connectivity index (χ2v) is 9.08. The highest BCUT2D eigenvalue weighted by atomic mass is 16.5. The summed E-state index contributed by atoms with van der Waals surface area (Å²) >= 11 is 0. The molecule has 0 saturated heterocycles. The van der Waals surface area contributed by atoms with Crippen LogP contribution in [0, 0.1) is 12.8 Å². The molecule has 0 spiro atoms. The van der Waals surface area contributed by atoms with Crippen molar-refractivity contribution in [2.75, 3.05) is 13.2 Å². The van der Waals surface area contributed by atoms with E-state index in [1.54, 1.807) is 4.90 Å². The lowest BCUT2D eigenvalue weighted by Gasteiger charge is -2.31. The number of hydrogen-bond donors (Lipinski definition) is 1. The summed E-state index contributed by atoms with van der Waals surface area (Å²) in [6.45, 7) is 13.2. The first kappa shape index (κ1) is 25.4. The minimum Gasteiger partial charge on any atom is -0.484 e. The molecule has 0 aliphatic rings. The molecule has 1 atom stereocenters. The van der Waals surface area contributed by atoms with Gasteiger partial charge in [0.2, 0.25) is 5.91 Å². The van der Waals surface area contributed by atoms with Crippen molar-refractivity contribution in [3.8, 4) is 5.75 Å². The molecule has 0 saturated carbocycles. The van der Waals surface area contributed by atoms with Gasteiger partial charge in [-0.1, -0.05) is 76.6 Å². The number of amides is 2. The quantitative estimate of drug-likeness (QED) is 0.532. The zero-order valence-corrected chi connectivity index (χ0v) is 20.4. The van der Waals surface area contributed by atoms with E-state index in [-0.39, 0.29) is 18.4 Å². The molecule has 2 amide bonds. The highest BCUT2D eigenvalue weighted by molar-refractivity contribution is 5.88. The fourth-order valence-corrected chi connectivity index (χ4v) is 3.41. The van der Waals surface area contributed by atoms with Crippen LogP contribution in [0.2, 0.25) is 0 Å². The van der Waals surface area contributed by atoms with Crippen molar-refractivity contribution < 1.29 is 14.3 Å². The maximum absolute atomic E-state index is 13.2. The summed E-state index contributed by atoms with van der Waals surface area (Å²) in [5.41, 5.74) is 3.36. The first-order valence-electron chi connectivity index (χ1n) is 11.6. The smallest absolute Gasteiger partial charge is 0.261 e. The van der Waals surface area contributed by atoms with Crippen LogP contribution >= 0.6 is 0 Å². The number of benzene rings is 2. The van der Waals surface area contributed by atoms with Crippen LogP contribution in [-0.4, -0.2) is 35.9 Å². The van der Waals surface area contributed by atoms with Gasteiger partial charge in [-0.25, -0.2) is 0 Å². The van der Waals surface area contributed by atoms with Crippen molar-refractivity contribution in [1.29, 1.82) is 0 Å². The Kier molecular flexibility index (Phi) is 9.76. The molecule has 0 unspecified atom stereocenters. The average Bonchev–Trinajstić information content (AvgIpc) is 2.77. The fourth-order valence-electron chi connectivity index (χ4n) is 3.41. The van der Waals surface area contributed by atoms with Crippen molar-refractivity contribution in [2.24, 2.45) is 5.92 Å². The molecular formula is C27H38N2O3. The third-order valence-electron chi connectivity index (χ3n) is 5.45. The predicted molar refractivity (Wildman–Crippen MR) is 130 cm³/mol. The van der Waals surface area contributed by atoms with E-state index in [0.29, 0.717) is 37.1 Å². The number of nitrogens with one attached hydrogen (secondary N) is 1. The van der Waals surface area contributed by atoms with Gasteiger partial charge in [-0.2, -0.15) is 0 Å². The standard InChI is InChI=1S/C27H38N2O3/c1-7-25(27(31)28-16-19(2)3)29(17-22-10-8-21(6)9-11-22)26(30)18-32-24-14-12-23(13-15-24)20(4)5/h8-15,19-20,25H,7,16-18H2,1-6H3,(H,28,31)/t25-/m1/s1. The molecule has 0 radical (unpaired) electrons. The Hall–Kier alpha value is -2.82. The summed E-state index contributed by atoms with van der Waals surface area (Å²) in [4.78, 5) is 27.8. The van der Waals surface area contributed by atoms with Crippen molar-refractivity contribution >= 4 is 11.8 Å². The zero-order valence-electron chi connectivity index (χ0n) is 20.4. The zero-order chi connectivity index (χ0) is 23.7. The molecule has 174 valence electrons. The normalized spacial score (nSPS) is 12.0. The monoisotopic (exact) mass is 438 g/mol. The molecule has 1 N–H and O–H groups in total. The molecule has 32 heavy (non-hydrogen) atoms. The number of carbonyl (C=O) groups is 2. The van der Waals surface area contributed by atoms with Crippen LogP contribution in [-0.2, 0) is 16.1 Å². The summed E-state index contributed by atoms with van der Waals surface area (Å²) in [7, 11) is 0. The van der Waals surface area contributed by atoms with E-state index in [2.05, 4.69) is 33.0 Å². The van der Waals surface area contributed by atoms with E-state index < -0.39 is 6.04 Å². The molecule has 2 aromatic carbocycles. The maximum Gasteiger partial charge on any atom is 0.261 e. The topological polar surface area (TPSA) is 58.6 Å². The summed E-state index contributed by atoms with van der Waals surface area (Å²) in [6.07, 6.45) is 0.532. The first-order chi connectivity index (χ1) is 15.2. The van der Waals surface area contributed by atoms with Gasteiger partial charge >= 0.3 is 0 Å². The highest BCUT2D eigenvalue weighted by Gasteiger charge is 2.29. The van der Waals surface area contributed by atoms with Gasteiger partial charge in [0, 0.05) is 13.1 Å². The summed E-state index contributed by atoms with van der Waals surface area (Å²) < 4.78 is 5.79. The van der Waals surface area contributed by atoms with Gasteiger partial charge < -0.3 is 15.0 Å². The van der Waals surface area contributed by atoms with Crippen LogP contribution in [0.5, 0.6) is 5.75 Å². The third kappa shape index (κ3) is 7.70. The van der Waals surface area contributed by atoms with E-state index in [0.717, 1.165) is 11.1 Å². The molecule has 0 heterocycles. The van der Waals surface area contributed by atoms with E-state index in [9.17, 15) is 9.59 Å². The molecule has 2 rings (SSSR count). The summed E-state index contributed by atoms with van der Waals surface area (Å²) in [6, 6.07) is 15.3. The first-order valence-corrected chi connectivity index (χ1v) is 11.6. The second-order valence-electron chi connectivity index (χ2n) is 9.08. The van der Waals surface area contributed by atoms with Gasteiger partial charge in [0.15, 0.2) is 6.61 Å². The Morgan fingerprint density at radius 2 is 1.59 bits per heavy atom. The Balaban J connectivity index is 2.16. The largest absolute Gasteiger partial charge is 0.484 e. The minimum absolute atomic E-state index is 0.110. The van der Waals surface area contributed by atoms with Crippen molar-refractivity contribution in [2.45, 2.75) is 66.5 Å². The number of rotatable bonds is 11. The molecule has 5 nitrogen and oxygen atoms in total. The van der Waals surface area contributed by atoms with Gasteiger partial charge in [0.1, 0.15) is 11.8 Å². The van der Waals surface area contributed by atoms with Crippen LogP contribution in [0.4, 0.5) is 0 Å². The van der Waals surface area contributed by atoms with Crippen LogP contribution in [0.1, 0.15) is 63.6 Å².